The van der Waals surface area contributed by atoms with Crippen LogP contribution in [0.1, 0.15) is 150 Å². The average Bonchev–Trinajstić information content (AvgIpc) is 2.62. The van der Waals surface area contributed by atoms with Crippen LogP contribution in [0.2, 0.25) is 0 Å². The fourth-order valence-electron chi connectivity index (χ4n) is 3.71. The Hall–Kier alpha value is 1.52. The summed E-state index contributed by atoms with van der Waals surface area (Å²) < 4.78 is 0. The van der Waals surface area contributed by atoms with Gasteiger partial charge in [0.1, 0.15) is 0 Å². The molecule has 0 aliphatic rings. The predicted octanol–water partition coefficient (Wildman–Crippen LogP) is 5.79. The molecule has 0 heterocycles. The smallest absolute Gasteiger partial charge is 1.00 e. The van der Waals surface area contributed by atoms with Crippen LogP contribution in [0.3, 0.4) is 0 Å². The van der Waals surface area contributed by atoms with Crippen molar-refractivity contribution in [2.24, 2.45) is 0 Å². The number of carboxylic acids is 1. The van der Waals surface area contributed by atoms with Crippen LogP contribution in [-0.2, 0) is 4.79 Å². The Morgan fingerprint density at radius 1 is 0.519 bits per heavy atom. The van der Waals surface area contributed by atoms with Crippen LogP contribution in [0.5, 0.6) is 0 Å². The first-order chi connectivity index (χ1) is 12.8. The second kappa shape index (κ2) is 27.5. The molecule has 1 N–H and O–H groups in total. The van der Waals surface area contributed by atoms with E-state index >= 15 is 0 Å². The molecule has 0 aliphatic carbocycles. The zero-order chi connectivity index (χ0) is 19.1. The van der Waals surface area contributed by atoms with E-state index in [1.165, 1.54) is 122 Å². The molecule has 0 aromatic heterocycles. The first-order valence-corrected chi connectivity index (χ1v) is 12.0. The van der Waals surface area contributed by atoms with E-state index in [-0.39, 0.29) is 70.3 Å². The molecule has 2 nitrogen and oxygen atoms in total. The second-order valence-corrected chi connectivity index (χ2v) is 8.21. The number of carboxylic acid groups (broad SMARTS) is 1. The molecule has 0 rings (SSSR count). The average molecular weight is 503 g/mol. The summed E-state index contributed by atoms with van der Waals surface area (Å²) in [6, 6.07) is 0. The predicted molar refractivity (Wildman–Crippen MR) is 116 cm³/mol. The van der Waals surface area contributed by atoms with E-state index < -0.39 is 5.97 Å². The maximum atomic E-state index is 10.4. The first kappa shape index (κ1) is 30.7. The summed E-state index contributed by atoms with van der Waals surface area (Å²) in [5, 5.41) is 8.57. The van der Waals surface area contributed by atoms with Crippen LogP contribution in [0.25, 0.3) is 0 Å². The summed E-state index contributed by atoms with van der Waals surface area (Å²) in [5.74, 6) is -0.650. The Balaban J connectivity index is -0.00000312. The van der Waals surface area contributed by atoms with Gasteiger partial charge in [-0.25, -0.2) is 0 Å². The molecule has 0 saturated heterocycles. The van der Waals surface area contributed by atoms with E-state index in [9.17, 15) is 4.79 Å². The van der Waals surface area contributed by atoms with Gasteiger partial charge in [-0.05, 0) is 6.42 Å². The number of hydrogen-bond acceptors (Lipinski definition) is 1. The maximum absolute atomic E-state index is 10.4. The van der Waals surface area contributed by atoms with E-state index in [4.69, 9.17) is 5.11 Å². The van der Waals surface area contributed by atoms with Crippen molar-refractivity contribution < 1.29 is 80.2 Å². The van der Waals surface area contributed by atoms with Gasteiger partial charge in [0.25, 0.3) is 0 Å². The number of unbranched alkanes of at least 4 members (excludes halogenated alkanes) is 20. The zero-order valence-corrected chi connectivity index (χ0v) is 25.2. The van der Waals surface area contributed by atoms with E-state index in [2.05, 4.69) is 6.92 Å². The van der Waals surface area contributed by atoms with E-state index in [0.29, 0.717) is 6.42 Å². The van der Waals surface area contributed by atoms with Crippen LogP contribution >= 0.6 is 0 Å². The normalized spacial score (nSPS) is 10.7. The van der Waals surface area contributed by atoms with Crippen LogP contribution in [0.4, 0.5) is 0 Å². The van der Waals surface area contributed by atoms with Gasteiger partial charge >= 0.3 is 74.9 Å². The van der Waals surface area contributed by atoms with Crippen LogP contribution in [0.15, 0.2) is 0 Å². The second-order valence-electron chi connectivity index (χ2n) is 8.21. The van der Waals surface area contributed by atoms with Gasteiger partial charge in [0.2, 0.25) is 0 Å². The Morgan fingerprint density at radius 3 is 0.963 bits per heavy atom. The third-order valence-electron chi connectivity index (χ3n) is 5.49. The van der Waals surface area contributed by atoms with Gasteiger partial charge in [-0.15, -0.1) is 0 Å². The van der Waals surface area contributed by atoms with Gasteiger partial charge in [-0.3, -0.25) is 4.79 Å². The summed E-state index contributed by atoms with van der Waals surface area (Å²) >= 11 is 0. The molecule has 0 unspecified atom stereocenters. The standard InChI is InChI=1S/C24H48O2.Cs.H/c1-2-3-4-5-6-7-8-9-10-11-12-13-14-15-16-17-18-19-20-21-22-23-24(25)26;;/h2-23H2,1H3,(H,25,26);;/q;+1;-1. The van der Waals surface area contributed by atoms with Crippen molar-refractivity contribution in [2.45, 2.75) is 148 Å². The molecule has 0 bridgehead atoms. The topological polar surface area (TPSA) is 37.3 Å². The summed E-state index contributed by atoms with van der Waals surface area (Å²) in [7, 11) is 0. The minimum absolute atomic E-state index is 0. The monoisotopic (exact) mass is 502 g/mol. The summed E-state index contributed by atoms with van der Waals surface area (Å²) in [5.41, 5.74) is 0. The molecule has 0 amide bonds. The van der Waals surface area contributed by atoms with Crippen molar-refractivity contribution in [3.63, 3.8) is 0 Å². The Bertz CT molecular complexity index is 288. The summed E-state index contributed by atoms with van der Waals surface area (Å²) in [4.78, 5) is 10.4. The van der Waals surface area contributed by atoms with Gasteiger partial charge in [0, 0.05) is 6.42 Å². The quantitative estimate of drug-likeness (QED) is 0.190. The van der Waals surface area contributed by atoms with Gasteiger partial charge in [-0.1, -0.05) is 135 Å². The Labute approximate surface area is 231 Å². The molecule has 3 heteroatoms. The number of hydrogen-bond donors (Lipinski definition) is 1. The van der Waals surface area contributed by atoms with Crippen LogP contribution in [-0.4, -0.2) is 11.1 Å². The van der Waals surface area contributed by atoms with Gasteiger partial charge < -0.3 is 6.53 Å². The van der Waals surface area contributed by atoms with E-state index in [0.717, 1.165) is 12.8 Å². The molecule has 0 atom stereocenters. The van der Waals surface area contributed by atoms with E-state index in [1.807, 2.05) is 0 Å². The van der Waals surface area contributed by atoms with Crippen molar-refractivity contribution in [3.05, 3.63) is 0 Å². The molecule has 0 spiro atoms. The number of aliphatic carboxylic acids is 1. The molecule has 0 radical (unpaired) electrons. The Kier molecular flexibility index (Phi) is 31.3. The molecule has 0 saturated carbocycles. The third kappa shape index (κ3) is 29.8. The fourth-order valence-corrected chi connectivity index (χ4v) is 3.71. The Morgan fingerprint density at radius 2 is 0.741 bits per heavy atom. The number of carbonyl (C=O) groups is 1. The van der Waals surface area contributed by atoms with Crippen molar-refractivity contribution in [3.8, 4) is 0 Å². The van der Waals surface area contributed by atoms with E-state index in [1.54, 1.807) is 0 Å². The van der Waals surface area contributed by atoms with Gasteiger partial charge in [-0.2, -0.15) is 0 Å². The molecule has 0 aromatic carbocycles. The molecular weight excluding hydrogens is 453 g/mol. The summed E-state index contributed by atoms with van der Waals surface area (Å²) in [6.45, 7) is 2.29. The zero-order valence-electron chi connectivity index (χ0n) is 19.9. The molecule has 0 aliphatic heterocycles. The maximum Gasteiger partial charge on any atom is 1.00 e. The minimum atomic E-state index is -0.650. The van der Waals surface area contributed by atoms with Gasteiger partial charge in [0.15, 0.2) is 0 Å². The molecule has 27 heavy (non-hydrogen) atoms. The van der Waals surface area contributed by atoms with Crippen LogP contribution in [0, 0.1) is 0 Å². The largest absolute Gasteiger partial charge is 1.00 e. The van der Waals surface area contributed by atoms with Crippen molar-refractivity contribution in [1.29, 1.82) is 0 Å². The fraction of sp³-hybridized carbons (Fsp3) is 0.958. The molecule has 0 aromatic rings. The van der Waals surface area contributed by atoms with Crippen molar-refractivity contribution >= 4 is 5.97 Å². The van der Waals surface area contributed by atoms with Crippen molar-refractivity contribution in [1.82, 2.24) is 0 Å². The van der Waals surface area contributed by atoms with Crippen molar-refractivity contribution in [2.75, 3.05) is 0 Å². The summed E-state index contributed by atoms with van der Waals surface area (Å²) in [6.07, 6.45) is 29.1. The van der Waals surface area contributed by atoms with Gasteiger partial charge in [0.05, 0.1) is 0 Å². The minimum Gasteiger partial charge on any atom is -1.00 e. The number of rotatable bonds is 22. The molecule has 158 valence electrons. The third-order valence-corrected chi connectivity index (χ3v) is 5.49. The van der Waals surface area contributed by atoms with Crippen LogP contribution < -0.4 is 68.9 Å². The SMILES string of the molecule is CCCCCCCCCCCCCCCCCCCCCCCC(=O)O.[Cs+].[H-]. The molecular formula is C24H49CsO2. The first-order valence-electron chi connectivity index (χ1n) is 12.0. The molecule has 0 fully saturated rings.